The fourth-order valence-electron chi connectivity index (χ4n) is 1.75. The minimum absolute atomic E-state index is 0.0351. The molecule has 0 saturated carbocycles. The molecule has 0 saturated heterocycles. The van der Waals surface area contributed by atoms with Gasteiger partial charge in [-0.25, -0.2) is 0 Å². The van der Waals surface area contributed by atoms with Crippen molar-refractivity contribution in [2.24, 2.45) is 0 Å². The lowest BCUT2D eigenvalue weighted by molar-refractivity contribution is -0.384. The number of amides is 1. The third-order valence-corrected chi connectivity index (χ3v) is 2.77. The van der Waals surface area contributed by atoms with Crippen molar-refractivity contribution in [1.82, 2.24) is 0 Å². The van der Waals surface area contributed by atoms with Crippen molar-refractivity contribution in [1.29, 1.82) is 0 Å². The number of nitro groups is 1. The van der Waals surface area contributed by atoms with Crippen LogP contribution in [0.4, 0.5) is 17.1 Å². The lowest BCUT2D eigenvalue weighted by Crippen LogP contribution is -2.13. The van der Waals surface area contributed by atoms with E-state index in [-0.39, 0.29) is 11.6 Å². The predicted molar refractivity (Wildman–Crippen MR) is 77.0 cm³/mol. The first-order chi connectivity index (χ1) is 9.61. The average molecular weight is 271 g/mol. The van der Waals surface area contributed by atoms with Crippen molar-refractivity contribution in [2.75, 3.05) is 17.7 Å². The third kappa shape index (κ3) is 2.92. The fraction of sp³-hybridized carbons (Fsp3) is 0.0714. The second-order valence-corrected chi connectivity index (χ2v) is 4.06. The van der Waals surface area contributed by atoms with Crippen molar-refractivity contribution in [3.8, 4) is 0 Å². The van der Waals surface area contributed by atoms with E-state index < -0.39 is 4.92 Å². The van der Waals surface area contributed by atoms with E-state index in [2.05, 4.69) is 10.6 Å². The SMILES string of the molecule is CNc1cc([N+](=O)[O-])ccc1NC(=O)c1ccccc1. The smallest absolute Gasteiger partial charge is 0.271 e. The van der Waals surface area contributed by atoms with Gasteiger partial charge in [-0.3, -0.25) is 14.9 Å². The third-order valence-electron chi connectivity index (χ3n) is 2.77. The number of hydrogen-bond donors (Lipinski definition) is 2. The highest BCUT2D eigenvalue weighted by molar-refractivity contribution is 6.06. The number of nitro benzene ring substituents is 1. The van der Waals surface area contributed by atoms with Crippen LogP contribution in [-0.2, 0) is 0 Å². The summed E-state index contributed by atoms with van der Waals surface area (Å²) in [5, 5.41) is 16.3. The molecule has 6 heteroatoms. The van der Waals surface area contributed by atoms with E-state index in [0.29, 0.717) is 16.9 Å². The van der Waals surface area contributed by atoms with Gasteiger partial charge in [0, 0.05) is 24.7 Å². The second-order valence-electron chi connectivity index (χ2n) is 4.06. The highest BCUT2D eigenvalue weighted by Crippen LogP contribution is 2.27. The Morgan fingerprint density at radius 2 is 1.80 bits per heavy atom. The van der Waals surface area contributed by atoms with E-state index in [1.54, 1.807) is 31.3 Å². The van der Waals surface area contributed by atoms with E-state index >= 15 is 0 Å². The number of nitrogens with one attached hydrogen (secondary N) is 2. The van der Waals surface area contributed by atoms with Crippen LogP contribution in [0.25, 0.3) is 0 Å². The van der Waals surface area contributed by atoms with Crippen molar-refractivity contribution in [3.63, 3.8) is 0 Å². The van der Waals surface area contributed by atoms with Crippen LogP contribution >= 0.6 is 0 Å². The topological polar surface area (TPSA) is 84.3 Å². The van der Waals surface area contributed by atoms with Crippen molar-refractivity contribution >= 4 is 23.0 Å². The Balaban J connectivity index is 2.25. The molecule has 0 aliphatic heterocycles. The van der Waals surface area contributed by atoms with Gasteiger partial charge in [0.25, 0.3) is 11.6 Å². The molecule has 0 aliphatic carbocycles. The molecule has 2 rings (SSSR count). The number of hydrogen-bond acceptors (Lipinski definition) is 4. The molecule has 0 unspecified atom stereocenters. The second kappa shape index (κ2) is 5.83. The molecule has 1 amide bonds. The number of rotatable bonds is 4. The monoisotopic (exact) mass is 271 g/mol. The molecule has 2 aromatic rings. The molecule has 0 aromatic heterocycles. The van der Waals surface area contributed by atoms with E-state index in [1.165, 1.54) is 18.2 Å². The highest BCUT2D eigenvalue weighted by atomic mass is 16.6. The van der Waals surface area contributed by atoms with Gasteiger partial charge in [-0.1, -0.05) is 18.2 Å². The maximum atomic E-state index is 12.0. The molecule has 0 fully saturated rings. The number of nitrogens with zero attached hydrogens (tertiary/aromatic N) is 1. The molecule has 0 bridgehead atoms. The zero-order valence-corrected chi connectivity index (χ0v) is 10.8. The normalized spacial score (nSPS) is 9.85. The maximum Gasteiger partial charge on any atom is 0.271 e. The summed E-state index contributed by atoms with van der Waals surface area (Å²) in [5.74, 6) is -0.268. The van der Waals surface area contributed by atoms with Crippen LogP contribution < -0.4 is 10.6 Å². The molecule has 0 atom stereocenters. The summed E-state index contributed by atoms with van der Waals surface area (Å²) in [4.78, 5) is 22.3. The Hall–Kier alpha value is -2.89. The van der Waals surface area contributed by atoms with E-state index in [1.807, 2.05) is 6.07 Å². The largest absolute Gasteiger partial charge is 0.386 e. The Morgan fingerprint density at radius 1 is 1.10 bits per heavy atom. The van der Waals surface area contributed by atoms with Crippen LogP contribution in [0.1, 0.15) is 10.4 Å². The number of benzene rings is 2. The lowest BCUT2D eigenvalue weighted by Gasteiger charge is -2.10. The van der Waals surface area contributed by atoms with Crippen LogP contribution in [0.15, 0.2) is 48.5 Å². The predicted octanol–water partition coefficient (Wildman–Crippen LogP) is 2.89. The van der Waals surface area contributed by atoms with E-state index in [0.717, 1.165) is 0 Å². The highest BCUT2D eigenvalue weighted by Gasteiger charge is 2.12. The molecule has 0 spiro atoms. The van der Waals surface area contributed by atoms with Gasteiger partial charge in [-0.05, 0) is 18.2 Å². The van der Waals surface area contributed by atoms with Gasteiger partial charge in [0.05, 0.1) is 16.3 Å². The molecule has 20 heavy (non-hydrogen) atoms. The molecule has 2 aromatic carbocycles. The Morgan fingerprint density at radius 3 is 2.40 bits per heavy atom. The van der Waals surface area contributed by atoms with E-state index in [9.17, 15) is 14.9 Å². The lowest BCUT2D eigenvalue weighted by atomic mass is 10.2. The number of anilines is 2. The summed E-state index contributed by atoms with van der Waals surface area (Å²) in [7, 11) is 1.64. The minimum atomic E-state index is -0.483. The molecular formula is C14H13N3O3. The van der Waals surface area contributed by atoms with Crippen molar-refractivity contribution in [2.45, 2.75) is 0 Å². The van der Waals surface area contributed by atoms with E-state index in [4.69, 9.17) is 0 Å². The van der Waals surface area contributed by atoms with Crippen molar-refractivity contribution < 1.29 is 9.72 Å². The molecule has 0 aliphatic rings. The maximum absolute atomic E-state index is 12.0. The standard InChI is InChI=1S/C14H13N3O3/c1-15-13-9-11(17(19)20)7-8-12(13)16-14(18)10-5-3-2-4-6-10/h2-9,15H,1H3,(H,16,18). The zero-order chi connectivity index (χ0) is 14.5. The first kappa shape index (κ1) is 13.5. The quantitative estimate of drug-likeness (QED) is 0.661. The van der Waals surface area contributed by atoms with Gasteiger partial charge in [-0.15, -0.1) is 0 Å². The summed E-state index contributed by atoms with van der Waals surface area (Å²) in [5.41, 5.74) is 1.47. The van der Waals surface area contributed by atoms with Gasteiger partial charge < -0.3 is 10.6 Å². The van der Waals surface area contributed by atoms with Gasteiger partial charge in [0.15, 0.2) is 0 Å². The van der Waals surface area contributed by atoms with Crippen molar-refractivity contribution in [3.05, 3.63) is 64.2 Å². The Bertz CT molecular complexity index is 641. The van der Waals surface area contributed by atoms with Gasteiger partial charge in [0.1, 0.15) is 0 Å². The number of carbonyl (C=O) groups is 1. The number of carbonyl (C=O) groups excluding carboxylic acids is 1. The first-order valence-electron chi connectivity index (χ1n) is 5.94. The first-order valence-corrected chi connectivity index (χ1v) is 5.94. The Kier molecular flexibility index (Phi) is 3.95. The van der Waals surface area contributed by atoms with Crippen LogP contribution in [0.3, 0.4) is 0 Å². The molecule has 0 radical (unpaired) electrons. The number of non-ortho nitro benzene ring substituents is 1. The average Bonchev–Trinajstić information content (AvgIpc) is 2.48. The van der Waals surface area contributed by atoms with Crippen LogP contribution in [-0.4, -0.2) is 17.9 Å². The fourth-order valence-corrected chi connectivity index (χ4v) is 1.75. The van der Waals surface area contributed by atoms with Crippen LogP contribution in [0, 0.1) is 10.1 Å². The molecule has 2 N–H and O–H groups in total. The molecular weight excluding hydrogens is 258 g/mol. The zero-order valence-electron chi connectivity index (χ0n) is 10.8. The van der Waals surface area contributed by atoms with Gasteiger partial charge in [-0.2, -0.15) is 0 Å². The summed E-state index contributed by atoms with van der Waals surface area (Å²) < 4.78 is 0. The molecule has 0 heterocycles. The summed E-state index contributed by atoms with van der Waals surface area (Å²) in [6.45, 7) is 0. The molecule has 6 nitrogen and oxygen atoms in total. The Labute approximate surface area is 115 Å². The molecule has 102 valence electrons. The van der Waals surface area contributed by atoms with Gasteiger partial charge in [0.2, 0.25) is 0 Å². The van der Waals surface area contributed by atoms with Crippen LogP contribution in [0.2, 0.25) is 0 Å². The summed E-state index contributed by atoms with van der Waals surface area (Å²) >= 11 is 0. The van der Waals surface area contributed by atoms with Gasteiger partial charge >= 0.3 is 0 Å². The summed E-state index contributed by atoms with van der Waals surface area (Å²) in [6.07, 6.45) is 0. The minimum Gasteiger partial charge on any atom is -0.386 e. The van der Waals surface area contributed by atoms with Crippen LogP contribution in [0.5, 0.6) is 0 Å². The summed E-state index contributed by atoms with van der Waals surface area (Å²) in [6, 6.07) is 13.0.